The summed E-state index contributed by atoms with van der Waals surface area (Å²) in [4.78, 5) is 16.1. The summed E-state index contributed by atoms with van der Waals surface area (Å²) in [5.41, 5.74) is 1.32. The topological polar surface area (TPSA) is 51.2 Å². The van der Waals surface area contributed by atoms with Crippen molar-refractivity contribution in [3.05, 3.63) is 29.6 Å². The second-order valence-corrected chi connectivity index (χ2v) is 5.42. The van der Waals surface area contributed by atoms with E-state index in [1.807, 2.05) is 6.07 Å². The minimum absolute atomic E-state index is 0.126. The molecule has 1 atom stereocenters. The monoisotopic (exact) mass is 270 g/mol. The third-order valence-electron chi connectivity index (χ3n) is 3.57. The lowest BCUT2D eigenvalue weighted by molar-refractivity contribution is 0.0940. The first-order valence-electron chi connectivity index (χ1n) is 7.15. The van der Waals surface area contributed by atoms with E-state index in [0.717, 1.165) is 25.2 Å². The van der Waals surface area contributed by atoms with Crippen LogP contribution >= 0.6 is 0 Å². The number of rotatable bonds is 3. The van der Waals surface area contributed by atoms with Gasteiger partial charge in [0.05, 0.1) is 6.61 Å². The molecule has 1 N–H and O–H groups in total. The molecule has 2 aliphatic rings. The van der Waals surface area contributed by atoms with Crippen LogP contribution in [0.15, 0.2) is 18.3 Å². The van der Waals surface area contributed by atoms with Crippen LogP contribution in [0.2, 0.25) is 0 Å². The summed E-state index contributed by atoms with van der Waals surface area (Å²) >= 11 is 0. The van der Waals surface area contributed by atoms with Crippen LogP contribution in [0, 0.1) is 23.7 Å². The molecule has 20 heavy (non-hydrogen) atoms. The highest BCUT2D eigenvalue weighted by atomic mass is 16.5. The van der Waals surface area contributed by atoms with Crippen LogP contribution < -0.4 is 5.32 Å². The van der Waals surface area contributed by atoms with Gasteiger partial charge in [0.25, 0.3) is 5.91 Å². The van der Waals surface area contributed by atoms with Gasteiger partial charge in [0.2, 0.25) is 0 Å². The molecule has 2 fully saturated rings. The van der Waals surface area contributed by atoms with Crippen molar-refractivity contribution in [2.24, 2.45) is 11.8 Å². The van der Waals surface area contributed by atoms with Crippen molar-refractivity contribution >= 4 is 5.91 Å². The van der Waals surface area contributed by atoms with E-state index in [-0.39, 0.29) is 5.91 Å². The SMILES string of the molecule is O=C(NCC1CCOC1)c1ccc(C#CC2CC2)cn1. The maximum atomic E-state index is 11.9. The lowest BCUT2D eigenvalue weighted by Gasteiger charge is -2.08. The van der Waals surface area contributed by atoms with E-state index in [4.69, 9.17) is 4.74 Å². The lowest BCUT2D eigenvalue weighted by atomic mass is 10.1. The Morgan fingerprint density at radius 3 is 2.95 bits per heavy atom. The van der Waals surface area contributed by atoms with Crippen molar-refractivity contribution in [2.75, 3.05) is 19.8 Å². The first-order valence-corrected chi connectivity index (χ1v) is 7.15. The Balaban J connectivity index is 1.53. The summed E-state index contributed by atoms with van der Waals surface area (Å²) in [5, 5.41) is 2.90. The number of carbonyl (C=O) groups excluding carboxylic acids is 1. The molecule has 1 aliphatic heterocycles. The number of amides is 1. The molecular formula is C16H18N2O2. The third-order valence-corrected chi connectivity index (χ3v) is 3.57. The van der Waals surface area contributed by atoms with Gasteiger partial charge in [-0.2, -0.15) is 0 Å². The fraction of sp³-hybridized carbons (Fsp3) is 0.500. The van der Waals surface area contributed by atoms with Gasteiger partial charge >= 0.3 is 0 Å². The first kappa shape index (κ1) is 13.1. The number of nitrogens with one attached hydrogen (secondary N) is 1. The van der Waals surface area contributed by atoms with E-state index < -0.39 is 0 Å². The summed E-state index contributed by atoms with van der Waals surface area (Å²) in [7, 11) is 0. The van der Waals surface area contributed by atoms with Gasteiger partial charge in [0, 0.05) is 36.7 Å². The van der Waals surface area contributed by atoms with Crippen LogP contribution in [-0.4, -0.2) is 30.6 Å². The van der Waals surface area contributed by atoms with Crippen molar-refractivity contribution in [1.82, 2.24) is 10.3 Å². The highest BCUT2D eigenvalue weighted by Crippen LogP contribution is 2.27. The highest BCUT2D eigenvalue weighted by molar-refractivity contribution is 5.92. The molecule has 0 spiro atoms. The predicted octanol–water partition coefficient (Wildman–Crippen LogP) is 1.61. The fourth-order valence-corrected chi connectivity index (χ4v) is 2.09. The van der Waals surface area contributed by atoms with Crippen LogP contribution in [-0.2, 0) is 4.74 Å². The zero-order chi connectivity index (χ0) is 13.8. The van der Waals surface area contributed by atoms with Crippen LogP contribution in [0.5, 0.6) is 0 Å². The van der Waals surface area contributed by atoms with E-state index in [9.17, 15) is 4.79 Å². The zero-order valence-electron chi connectivity index (χ0n) is 11.4. The second-order valence-electron chi connectivity index (χ2n) is 5.42. The number of carbonyl (C=O) groups is 1. The van der Waals surface area contributed by atoms with Gasteiger partial charge in [-0.15, -0.1) is 0 Å². The Hall–Kier alpha value is -1.86. The maximum Gasteiger partial charge on any atom is 0.269 e. The smallest absolute Gasteiger partial charge is 0.269 e. The second kappa shape index (κ2) is 6.06. The lowest BCUT2D eigenvalue weighted by Crippen LogP contribution is -2.30. The van der Waals surface area contributed by atoms with Crippen molar-refractivity contribution in [3.63, 3.8) is 0 Å². The van der Waals surface area contributed by atoms with E-state index in [0.29, 0.717) is 24.1 Å². The Bertz CT molecular complexity index is 532. The summed E-state index contributed by atoms with van der Waals surface area (Å²) in [6, 6.07) is 3.59. The molecule has 1 aromatic heterocycles. The van der Waals surface area contributed by atoms with E-state index in [2.05, 4.69) is 22.1 Å². The average Bonchev–Trinajstić information content (AvgIpc) is 3.17. The zero-order valence-corrected chi connectivity index (χ0v) is 11.4. The summed E-state index contributed by atoms with van der Waals surface area (Å²) in [6.07, 6.45) is 5.12. The van der Waals surface area contributed by atoms with Crippen molar-refractivity contribution < 1.29 is 9.53 Å². The number of ether oxygens (including phenoxy) is 1. The van der Waals surface area contributed by atoms with Gasteiger partial charge in [-0.3, -0.25) is 4.79 Å². The molecule has 0 aromatic carbocycles. The van der Waals surface area contributed by atoms with Crippen LogP contribution in [0.1, 0.15) is 35.3 Å². The maximum absolute atomic E-state index is 11.9. The Kier molecular flexibility index (Phi) is 3.98. The van der Waals surface area contributed by atoms with E-state index in [1.54, 1.807) is 12.3 Å². The van der Waals surface area contributed by atoms with Gasteiger partial charge in [0.1, 0.15) is 5.69 Å². The highest BCUT2D eigenvalue weighted by Gasteiger charge is 2.18. The van der Waals surface area contributed by atoms with E-state index >= 15 is 0 Å². The Morgan fingerprint density at radius 2 is 2.30 bits per heavy atom. The third kappa shape index (κ3) is 3.58. The van der Waals surface area contributed by atoms with Crippen molar-refractivity contribution in [2.45, 2.75) is 19.3 Å². The molecule has 0 radical (unpaired) electrons. The average molecular weight is 270 g/mol. The molecule has 1 aromatic rings. The fourth-order valence-electron chi connectivity index (χ4n) is 2.09. The molecular weight excluding hydrogens is 252 g/mol. The summed E-state index contributed by atoms with van der Waals surface area (Å²) in [5.74, 6) is 7.15. The predicted molar refractivity (Wildman–Crippen MR) is 75.1 cm³/mol. The van der Waals surface area contributed by atoms with Gasteiger partial charge in [0.15, 0.2) is 0 Å². The number of hydrogen-bond donors (Lipinski definition) is 1. The largest absolute Gasteiger partial charge is 0.381 e. The van der Waals surface area contributed by atoms with Crippen LogP contribution in [0.25, 0.3) is 0 Å². The molecule has 4 heteroatoms. The summed E-state index contributed by atoms with van der Waals surface area (Å²) in [6.45, 7) is 2.19. The molecule has 1 aliphatic carbocycles. The number of nitrogens with zero attached hydrogens (tertiary/aromatic N) is 1. The molecule has 3 rings (SSSR count). The molecule has 0 bridgehead atoms. The van der Waals surface area contributed by atoms with Crippen LogP contribution in [0.3, 0.4) is 0 Å². The normalized spacial score (nSPS) is 21.1. The van der Waals surface area contributed by atoms with Gasteiger partial charge in [-0.25, -0.2) is 4.98 Å². The van der Waals surface area contributed by atoms with Crippen molar-refractivity contribution in [1.29, 1.82) is 0 Å². The minimum Gasteiger partial charge on any atom is -0.381 e. The van der Waals surface area contributed by atoms with Crippen molar-refractivity contribution in [3.8, 4) is 11.8 Å². The number of hydrogen-bond acceptors (Lipinski definition) is 3. The number of aromatic nitrogens is 1. The molecule has 1 unspecified atom stereocenters. The van der Waals surface area contributed by atoms with Gasteiger partial charge in [-0.05, 0) is 31.4 Å². The molecule has 1 saturated heterocycles. The first-order chi connectivity index (χ1) is 9.81. The Labute approximate surface area is 118 Å². The standard InChI is InChI=1S/C16H18N2O2/c19-16(18-10-14-7-8-20-11-14)15-6-5-13(9-17-15)4-3-12-1-2-12/h5-6,9,12,14H,1-2,7-8,10-11H2,(H,18,19). The Morgan fingerprint density at radius 1 is 1.40 bits per heavy atom. The van der Waals surface area contributed by atoms with Gasteiger partial charge in [-0.1, -0.05) is 11.8 Å². The van der Waals surface area contributed by atoms with Crippen LogP contribution in [0.4, 0.5) is 0 Å². The molecule has 2 heterocycles. The summed E-state index contributed by atoms with van der Waals surface area (Å²) < 4.78 is 5.28. The number of pyridine rings is 1. The van der Waals surface area contributed by atoms with E-state index in [1.165, 1.54) is 12.8 Å². The molecule has 4 nitrogen and oxygen atoms in total. The minimum atomic E-state index is -0.126. The molecule has 104 valence electrons. The van der Waals surface area contributed by atoms with Gasteiger partial charge < -0.3 is 10.1 Å². The molecule has 1 saturated carbocycles. The quantitative estimate of drug-likeness (QED) is 0.849. The molecule has 1 amide bonds.